The van der Waals surface area contributed by atoms with Crippen LogP contribution in [0, 0.1) is 0 Å². The molecule has 9 nitrogen and oxygen atoms in total. The van der Waals surface area contributed by atoms with Gasteiger partial charge in [0.1, 0.15) is 0 Å². The molecular weight excluding hydrogens is 510 g/mol. The Morgan fingerprint density at radius 3 is 2.38 bits per heavy atom. The van der Waals surface area contributed by atoms with Gasteiger partial charge < -0.3 is 20.3 Å². The van der Waals surface area contributed by atoms with Crippen molar-refractivity contribution in [3.8, 4) is 22.8 Å². The number of rotatable bonds is 6. The number of morpholine rings is 1. The molecule has 0 spiro atoms. The van der Waals surface area contributed by atoms with Crippen molar-refractivity contribution in [3.05, 3.63) is 73.1 Å². The summed E-state index contributed by atoms with van der Waals surface area (Å²) in [5, 5.41) is 7.84. The Labute approximate surface area is 230 Å². The molecule has 39 heavy (non-hydrogen) atoms. The summed E-state index contributed by atoms with van der Waals surface area (Å²) in [5.74, 6) is 1.85. The molecular formula is C29H31N7O2S. The zero-order chi connectivity index (χ0) is 27.2. The maximum absolute atomic E-state index is 12.4. The summed E-state index contributed by atoms with van der Waals surface area (Å²) in [5.41, 5.74) is 3.15. The van der Waals surface area contributed by atoms with Crippen molar-refractivity contribution in [3.63, 3.8) is 0 Å². The van der Waals surface area contributed by atoms with Gasteiger partial charge in [0.15, 0.2) is 11.6 Å². The topological polar surface area (TPSA) is 105 Å². The van der Waals surface area contributed by atoms with Crippen LogP contribution in [0.15, 0.2) is 78.0 Å². The number of nitrogens with one attached hydrogen (secondary N) is 2. The van der Waals surface area contributed by atoms with Gasteiger partial charge in [-0.2, -0.15) is 20.5 Å². The van der Waals surface area contributed by atoms with E-state index in [1.54, 1.807) is 24.5 Å². The number of aromatic nitrogens is 4. The summed E-state index contributed by atoms with van der Waals surface area (Å²) in [6.07, 6.45) is 5.45. The van der Waals surface area contributed by atoms with Crippen molar-refractivity contribution in [2.24, 2.45) is 0 Å². The molecule has 2 amide bonds. The molecule has 0 aliphatic carbocycles. The van der Waals surface area contributed by atoms with Crippen LogP contribution in [0.4, 0.5) is 22.1 Å². The van der Waals surface area contributed by atoms with Crippen molar-refractivity contribution in [2.45, 2.75) is 24.8 Å². The molecule has 1 saturated heterocycles. The summed E-state index contributed by atoms with van der Waals surface area (Å²) in [4.78, 5) is 34.5. The van der Waals surface area contributed by atoms with Gasteiger partial charge in [-0.25, -0.2) is 9.78 Å². The maximum Gasteiger partial charge on any atom is 0.323 e. The second kappa shape index (κ2) is 12.1. The number of benzene rings is 2. The number of hydrogen-bond donors (Lipinski definition) is 2. The highest BCUT2D eigenvalue weighted by Crippen LogP contribution is 2.34. The minimum absolute atomic E-state index is 0.0543. The third-order valence-corrected chi connectivity index (χ3v) is 8.17. The molecule has 2 aromatic heterocycles. The third kappa shape index (κ3) is 6.30. The first kappa shape index (κ1) is 26.5. The van der Waals surface area contributed by atoms with Gasteiger partial charge in [-0.3, -0.25) is 4.98 Å². The molecule has 1 fully saturated rings. The predicted molar refractivity (Wildman–Crippen MR) is 159 cm³/mol. The molecule has 1 aliphatic rings. The lowest BCUT2D eigenvalue weighted by atomic mass is 10.1. The Morgan fingerprint density at radius 1 is 0.974 bits per heavy atom. The van der Waals surface area contributed by atoms with Gasteiger partial charge in [0.05, 0.1) is 19.3 Å². The number of urea groups is 1. The lowest BCUT2D eigenvalue weighted by molar-refractivity contribution is 0.0981. The largest absolute Gasteiger partial charge is 0.377 e. The van der Waals surface area contributed by atoms with Crippen LogP contribution in [0.5, 0.6) is 0 Å². The van der Waals surface area contributed by atoms with Crippen molar-refractivity contribution >= 4 is 39.2 Å². The van der Waals surface area contributed by atoms with Gasteiger partial charge in [-0.05, 0) is 62.6 Å². The Kier molecular flexibility index (Phi) is 8.24. The van der Waals surface area contributed by atoms with Crippen LogP contribution in [0.3, 0.4) is 0 Å². The third-order valence-electron chi connectivity index (χ3n) is 6.42. The molecule has 5 rings (SSSR count). The van der Waals surface area contributed by atoms with E-state index in [4.69, 9.17) is 19.7 Å². The summed E-state index contributed by atoms with van der Waals surface area (Å²) in [6, 6.07) is 19.0. The first-order chi connectivity index (χ1) is 19.0. The highest BCUT2D eigenvalue weighted by molar-refractivity contribution is 8.14. The molecule has 2 aromatic carbocycles. The molecule has 0 saturated carbocycles. The standard InChI is InChI=1S/C29H31N7O2S/c1-4-39(3)25-8-6-5-7-24(25)27-33-26(34-28(35-27)36-17-18-38-19-20(36)2)21-9-11-22(12-10-21)31-29(37)32-23-13-15-30-16-14-23/h4-16,20H,17-19H2,1-3H3,(H2,30,31,32,37)/t20-,39?/m0/s1. The van der Waals surface area contributed by atoms with Crippen LogP contribution < -0.4 is 15.5 Å². The molecule has 3 heterocycles. The molecule has 10 heteroatoms. The number of carbonyl (C=O) groups is 1. The van der Waals surface area contributed by atoms with E-state index in [9.17, 15) is 4.79 Å². The highest BCUT2D eigenvalue weighted by atomic mass is 32.2. The van der Waals surface area contributed by atoms with Crippen LogP contribution in [-0.2, 0) is 4.74 Å². The number of amides is 2. The van der Waals surface area contributed by atoms with Crippen molar-refractivity contribution in [1.29, 1.82) is 0 Å². The minimum Gasteiger partial charge on any atom is -0.377 e. The van der Waals surface area contributed by atoms with E-state index in [2.05, 4.69) is 64.2 Å². The summed E-state index contributed by atoms with van der Waals surface area (Å²) in [7, 11) is -0.0543. The number of carbonyl (C=O) groups excluding carboxylic acids is 1. The molecule has 0 radical (unpaired) electrons. The zero-order valence-electron chi connectivity index (χ0n) is 22.2. The zero-order valence-corrected chi connectivity index (χ0v) is 23.0. The fourth-order valence-corrected chi connectivity index (χ4v) is 5.31. The van der Waals surface area contributed by atoms with Crippen LogP contribution in [0.2, 0.25) is 0 Å². The Bertz CT molecular complexity index is 1480. The molecule has 1 unspecified atom stereocenters. The Hall–Kier alpha value is -4.15. The second-order valence-corrected chi connectivity index (χ2v) is 11.1. The maximum atomic E-state index is 12.4. The van der Waals surface area contributed by atoms with Gasteiger partial charge in [-0.15, -0.1) is 0 Å². The van der Waals surface area contributed by atoms with Crippen molar-refractivity contribution in [2.75, 3.05) is 41.5 Å². The van der Waals surface area contributed by atoms with Crippen LogP contribution >= 0.6 is 10.5 Å². The SMILES string of the molecule is C/C=S(\C)c1ccccc1-c1nc(-c2ccc(NC(=O)Nc3ccncc3)cc2)nc(N2CCOC[C@@H]2C)n1. The lowest BCUT2D eigenvalue weighted by Gasteiger charge is -2.33. The lowest BCUT2D eigenvalue weighted by Crippen LogP contribution is -2.44. The first-order valence-corrected chi connectivity index (χ1v) is 14.4. The normalized spacial score (nSPS) is 16.1. The molecule has 4 aromatic rings. The van der Waals surface area contributed by atoms with Gasteiger partial charge in [0, 0.05) is 46.3 Å². The van der Waals surface area contributed by atoms with E-state index in [-0.39, 0.29) is 22.6 Å². The van der Waals surface area contributed by atoms with E-state index in [0.717, 1.165) is 11.1 Å². The molecule has 200 valence electrons. The average Bonchev–Trinajstić information content (AvgIpc) is 2.97. The molecule has 1 aliphatic heterocycles. The number of pyridine rings is 1. The molecule has 2 N–H and O–H groups in total. The van der Waals surface area contributed by atoms with E-state index < -0.39 is 0 Å². The minimum atomic E-state index is -0.334. The fourth-order valence-electron chi connectivity index (χ4n) is 4.26. The van der Waals surface area contributed by atoms with Crippen LogP contribution in [0.1, 0.15) is 13.8 Å². The first-order valence-electron chi connectivity index (χ1n) is 12.7. The average molecular weight is 542 g/mol. The monoisotopic (exact) mass is 541 g/mol. The fraction of sp³-hybridized carbons (Fsp3) is 0.241. The number of nitrogens with zero attached hydrogens (tertiary/aromatic N) is 5. The summed E-state index contributed by atoms with van der Waals surface area (Å²) in [6.45, 7) is 6.15. The number of ether oxygens (including phenoxy) is 1. The molecule has 0 bridgehead atoms. The number of hydrogen-bond acceptors (Lipinski definition) is 7. The predicted octanol–water partition coefficient (Wildman–Crippen LogP) is 5.55. The summed E-state index contributed by atoms with van der Waals surface area (Å²) >= 11 is 0. The van der Waals surface area contributed by atoms with E-state index >= 15 is 0 Å². The quantitative estimate of drug-likeness (QED) is 0.308. The van der Waals surface area contributed by atoms with Crippen molar-refractivity contribution in [1.82, 2.24) is 19.9 Å². The van der Waals surface area contributed by atoms with Crippen LogP contribution in [-0.4, -0.2) is 63.4 Å². The van der Waals surface area contributed by atoms with E-state index in [0.29, 0.717) is 48.7 Å². The Morgan fingerprint density at radius 2 is 1.67 bits per heavy atom. The van der Waals surface area contributed by atoms with Gasteiger partial charge in [0.25, 0.3) is 0 Å². The van der Waals surface area contributed by atoms with E-state index in [1.165, 1.54) is 4.90 Å². The van der Waals surface area contributed by atoms with E-state index in [1.807, 2.05) is 30.3 Å². The highest BCUT2D eigenvalue weighted by Gasteiger charge is 2.24. The Balaban J connectivity index is 1.48. The smallest absolute Gasteiger partial charge is 0.323 e. The van der Waals surface area contributed by atoms with Crippen LogP contribution in [0.25, 0.3) is 22.8 Å². The summed E-state index contributed by atoms with van der Waals surface area (Å²) < 4.78 is 5.65. The van der Waals surface area contributed by atoms with Crippen molar-refractivity contribution < 1.29 is 9.53 Å². The second-order valence-electron chi connectivity index (χ2n) is 9.08. The van der Waals surface area contributed by atoms with Gasteiger partial charge in [0.2, 0.25) is 5.95 Å². The molecule has 2 atom stereocenters. The van der Waals surface area contributed by atoms with Gasteiger partial charge >= 0.3 is 6.03 Å². The number of anilines is 3. The van der Waals surface area contributed by atoms with Gasteiger partial charge in [-0.1, -0.05) is 23.6 Å².